The Bertz CT molecular complexity index is 170. The van der Waals surface area contributed by atoms with Crippen LogP contribution in [0.25, 0.3) is 0 Å². The molecule has 0 saturated carbocycles. The summed E-state index contributed by atoms with van der Waals surface area (Å²) in [5.41, 5.74) is 1.46. The number of allylic oxidation sites excluding steroid dienone is 2. The highest BCUT2D eigenvalue weighted by Crippen LogP contribution is 2.14. The average Bonchev–Trinajstić information content (AvgIpc) is 1.88. The molecule has 11 heavy (non-hydrogen) atoms. The van der Waals surface area contributed by atoms with Crippen LogP contribution in [0.3, 0.4) is 0 Å². The first-order chi connectivity index (χ1) is 4.70. The Morgan fingerprint density at radius 2 is 2.09 bits per heavy atom. The van der Waals surface area contributed by atoms with Gasteiger partial charge in [-0.15, -0.1) is 0 Å². The molecule has 1 rings (SSSR count). The Labute approximate surface area is 86.2 Å². The molecule has 0 saturated heterocycles. The highest BCUT2D eigenvalue weighted by Gasteiger charge is 2.02. The zero-order chi connectivity index (χ0) is 7.56. The van der Waals surface area contributed by atoms with Crippen LogP contribution in [0.5, 0.6) is 0 Å². The van der Waals surface area contributed by atoms with Gasteiger partial charge in [0.05, 0.1) is 0 Å². The van der Waals surface area contributed by atoms with E-state index in [2.05, 4.69) is 44.1 Å². The topological polar surface area (TPSA) is 3.24 Å². The van der Waals surface area contributed by atoms with E-state index in [1.165, 1.54) is 5.57 Å². The summed E-state index contributed by atoms with van der Waals surface area (Å²) in [7, 11) is 2.09. The highest BCUT2D eigenvalue weighted by atomic mass is 127. The molecule has 0 N–H and O–H groups in total. The van der Waals surface area contributed by atoms with Crippen LogP contribution in [0.4, 0.5) is 0 Å². The molecule has 0 aliphatic carbocycles. The van der Waals surface area contributed by atoms with E-state index in [1.807, 2.05) is 0 Å². The van der Waals surface area contributed by atoms with Crippen molar-refractivity contribution < 1.29 is 24.0 Å². The SMILES string of the molecule is CC(C)C1=CCN(C)C=C1.[I-]. The largest absolute Gasteiger partial charge is 1.00 e. The van der Waals surface area contributed by atoms with Crippen LogP contribution in [0.2, 0.25) is 0 Å². The van der Waals surface area contributed by atoms with E-state index in [-0.39, 0.29) is 24.0 Å². The van der Waals surface area contributed by atoms with E-state index in [0.29, 0.717) is 5.92 Å². The van der Waals surface area contributed by atoms with Gasteiger partial charge in [0.25, 0.3) is 0 Å². The molecular weight excluding hydrogens is 249 g/mol. The normalized spacial score (nSPS) is 16.4. The number of nitrogens with zero attached hydrogens (tertiary/aromatic N) is 1. The smallest absolute Gasteiger partial charge is 0.0356 e. The zero-order valence-electron chi connectivity index (χ0n) is 7.34. The molecule has 0 bridgehead atoms. The predicted octanol–water partition coefficient (Wildman–Crippen LogP) is -0.968. The monoisotopic (exact) mass is 264 g/mol. The standard InChI is InChI=1S/C9H15N.HI/c1-8(2)9-4-6-10(3)7-5-9;/h4-6,8H,7H2,1-3H3;1H/p-1. The van der Waals surface area contributed by atoms with Crippen molar-refractivity contribution >= 4 is 0 Å². The van der Waals surface area contributed by atoms with E-state index in [1.54, 1.807) is 0 Å². The molecule has 0 amide bonds. The maximum atomic E-state index is 2.28. The summed E-state index contributed by atoms with van der Waals surface area (Å²) < 4.78 is 0. The Kier molecular flexibility index (Phi) is 4.81. The van der Waals surface area contributed by atoms with E-state index < -0.39 is 0 Å². The van der Waals surface area contributed by atoms with Crippen molar-refractivity contribution in [2.45, 2.75) is 13.8 Å². The van der Waals surface area contributed by atoms with Crippen molar-refractivity contribution in [2.24, 2.45) is 5.92 Å². The second-order valence-corrected chi connectivity index (χ2v) is 3.11. The van der Waals surface area contributed by atoms with E-state index in [0.717, 1.165) is 6.54 Å². The van der Waals surface area contributed by atoms with Crippen molar-refractivity contribution in [2.75, 3.05) is 13.6 Å². The molecule has 0 unspecified atom stereocenters. The van der Waals surface area contributed by atoms with Crippen molar-refractivity contribution in [1.29, 1.82) is 0 Å². The predicted molar refractivity (Wildman–Crippen MR) is 44.7 cm³/mol. The lowest BCUT2D eigenvalue weighted by molar-refractivity contribution is -0.00000226. The lowest BCUT2D eigenvalue weighted by Crippen LogP contribution is -3.00. The van der Waals surface area contributed by atoms with E-state index in [4.69, 9.17) is 0 Å². The Morgan fingerprint density at radius 1 is 1.45 bits per heavy atom. The van der Waals surface area contributed by atoms with E-state index in [9.17, 15) is 0 Å². The Balaban J connectivity index is 0.000001000. The van der Waals surface area contributed by atoms with Gasteiger partial charge < -0.3 is 28.9 Å². The lowest BCUT2D eigenvalue weighted by atomic mass is 10.0. The molecule has 64 valence electrons. The van der Waals surface area contributed by atoms with Crippen LogP contribution >= 0.6 is 0 Å². The Hall–Kier alpha value is 0.01000. The van der Waals surface area contributed by atoms with Gasteiger partial charge in [-0.05, 0) is 23.8 Å². The molecule has 0 spiro atoms. The quantitative estimate of drug-likeness (QED) is 0.551. The minimum Gasteiger partial charge on any atom is -1.00 e. The van der Waals surface area contributed by atoms with Gasteiger partial charge in [-0.25, -0.2) is 0 Å². The Morgan fingerprint density at radius 3 is 2.45 bits per heavy atom. The molecule has 0 radical (unpaired) electrons. The van der Waals surface area contributed by atoms with Crippen LogP contribution in [0.1, 0.15) is 13.8 Å². The van der Waals surface area contributed by atoms with Crippen LogP contribution in [-0.4, -0.2) is 18.5 Å². The summed E-state index contributed by atoms with van der Waals surface area (Å²) >= 11 is 0. The fourth-order valence-electron chi connectivity index (χ4n) is 1.02. The van der Waals surface area contributed by atoms with Crippen molar-refractivity contribution in [3.05, 3.63) is 23.9 Å². The van der Waals surface area contributed by atoms with Gasteiger partial charge in [0.15, 0.2) is 0 Å². The van der Waals surface area contributed by atoms with Gasteiger partial charge in [-0.2, -0.15) is 0 Å². The molecule has 0 fully saturated rings. The second kappa shape index (κ2) is 4.80. The summed E-state index contributed by atoms with van der Waals surface area (Å²) in [4.78, 5) is 2.17. The number of hydrogen-bond donors (Lipinski definition) is 0. The maximum absolute atomic E-state index is 2.28. The van der Waals surface area contributed by atoms with Crippen molar-refractivity contribution in [3.63, 3.8) is 0 Å². The first-order valence-corrected chi connectivity index (χ1v) is 3.78. The average molecular weight is 264 g/mol. The second-order valence-electron chi connectivity index (χ2n) is 3.11. The molecule has 1 nitrogen and oxygen atoms in total. The van der Waals surface area contributed by atoms with Crippen LogP contribution < -0.4 is 24.0 Å². The molecule has 0 aromatic heterocycles. The molecule has 0 aromatic rings. The minimum atomic E-state index is 0. The van der Waals surface area contributed by atoms with Gasteiger partial charge in [-0.3, -0.25) is 0 Å². The number of rotatable bonds is 1. The zero-order valence-corrected chi connectivity index (χ0v) is 9.50. The van der Waals surface area contributed by atoms with Crippen LogP contribution in [0.15, 0.2) is 23.9 Å². The summed E-state index contributed by atoms with van der Waals surface area (Å²) in [6, 6.07) is 0. The fourth-order valence-corrected chi connectivity index (χ4v) is 1.02. The molecule has 1 aliphatic heterocycles. The van der Waals surface area contributed by atoms with Gasteiger partial charge >= 0.3 is 0 Å². The number of halogens is 1. The number of hydrogen-bond acceptors (Lipinski definition) is 1. The number of likely N-dealkylation sites (N-methyl/N-ethyl adjacent to an activating group) is 1. The summed E-state index contributed by atoms with van der Waals surface area (Å²) in [6.07, 6.45) is 6.61. The van der Waals surface area contributed by atoms with Gasteiger partial charge in [-0.1, -0.05) is 19.9 Å². The lowest BCUT2D eigenvalue weighted by Gasteiger charge is -2.18. The van der Waals surface area contributed by atoms with Gasteiger partial charge in [0, 0.05) is 13.6 Å². The summed E-state index contributed by atoms with van der Waals surface area (Å²) in [5.74, 6) is 0.671. The van der Waals surface area contributed by atoms with Gasteiger partial charge in [0.2, 0.25) is 0 Å². The summed E-state index contributed by atoms with van der Waals surface area (Å²) in [6.45, 7) is 5.51. The van der Waals surface area contributed by atoms with Crippen LogP contribution in [-0.2, 0) is 0 Å². The summed E-state index contributed by atoms with van der Waals surface area (Å²) in [5, 5.41) is 0. The third-order valence-electron chi connectivity index (χ3n) is 1.80. The minimum absolute atomic E-state index is 0. The van der Waals surface area contributed by atoms with Crippen LogP contribution in [0, 0.1) is 5.92 Å². The first-order valence-electron chi connectivity index (χ1n) is 3.78. The van der Waals surface area contributed by atoms with Gasteiger partial charge in [0.1, 0.15) is 0 Å². The molecular formula is C9H15IN-. The third-order valence-corrected chi connectivity index (χ3v) is 1.80. The fraction of sp³-hybridized carbons (Fsp3) is 0.556. The molecule has 1 heterocycles. The van der Waals surface area contributed by atoms with E-state index >= 15 is 0 Å². The molecule has 1 aliphatic rings. The molecule has 0 aromatic carbocycles. The highest BCUT2D eigenvalue weighted by molar-refractivity contribution is 5.23. The third kappa shape index (κ3) is 3.27. The van der Waals surface area contributed by atoms with Crippen molar-refractivity contribution in [1.82, 2.24) is 4.90 Å². The van der Waals surface area contributed by atoms with Crippen molar-refractivity contribution in [3.8, 4) is 0 Å². The molecule has 2 heteroatoms. The molecule has 0 atom stereocenters. The maximum Gasteiger partial charge on any atom is 0.0356 e. The first kappa shape index (κ1) is 11.0.